The summed E-state index contributed by atoms with van der Waals surface area (Å²) in [6.45, 7) is 0. The number of thiocyanates is 2. The van der Waals surface area contributed by atoms with Crippen LogP contribution in [0.1, 0.15) is 0 Å². The van der Waals surface area contributed by atoms with Crippen molar-refractivity contribution >= 4 is 129 Å². The van der Waals surface area contributed by atoms with Gasteiger partial charge < -0.3 is 10.2 Å². The number of hydrogen-bond acceptors (Lipinski definition) is 9. The van der Waals surface area contributed by atoms with E-state index >= 15 is 0 Å². The zero-order valence-corrected chi connectivity index (χ0v) is 43.5. The molecule has 8 rings (SSSR count). The lowest BCUT2D eigenvalue weighted by atomic mass is 10.4. The fourth-order valence-corrected chi connectivity index (χ4v) is 23.9. The first-order chi connectivity index (χ1) is 33.2. The van der Waals surface area contributed by atoms with Gasteiger partial charge in [0.15, 0.2) is 0 Å². The molecule has 0 unspecified atom stereocenters. The average molecular weight is 1030 g/mol. The van der Waals surface area contributed by atoms with Crippen molar-refractivity contribution in [1.82, 2.24) is 10.2 Å². The molecule has 328 valence electrons. The van der Waals surface area contributed by atoms with Crippen molar-refractivity contribution in [2.45, 2.75) is 0 Å². The Morgan fingerprint density at radius 1 is 0.313 bits per heavy atom. The topological polar surface area (TPSA) is 71.6 Å². The first kappa shape index (κ1) is 48.7. The summed E-state index contributed by atoms with van der Waals surface area (Å²) in [5, 5.41) is 45.9. The molecule has 0 heterocycles. The molecule has 13 heteroatoms. The number of thioether (sulfide) groups is 2. The molecule has 0 amide bonds. The van der Waals surface area contributed by atoms with Crippen LogP contribution in [-0.2, 0) is 0 Å². The van der Waals surface area contributed by atoms with E-state index in [-0.39, 0.29) is 0 Å². The van der Waals surface area contributed by atoms with Gasteiger partial charge >= 0.3 is 0 Å². The molecule has 2 N–H and O–H groups in total. The van der Waals surface area contributed by atoms with Crippen molar-refractivity contribution < 1.29 is 0 Å². The van der Waals surface area contributed by atoms with E-state index in [4.69, 9.17) is 0 Å². The predicted molar refractivity (Wildman–Crippen MR) is 306 cm³/mol. The van der Waals surface area contributed by atoms with Gasteiger partial charge in [0.05, 0.1) is 35.5 Å². The molecule has 0 spiro atoms. The molecule has 0 aliphatic carbocycles. The minimum atomic E-state index is -1.17. The van der Waals surface area contributed by atoms with Crippen LogP contribution in [0.3, 0.4) is 0 Å². The van der Waals surface area contributed by atoms with Gasteiger partial charge in [-0.15, -0.1) is 0 Å². The first-order valence-corrected chi connectivity index (χ1v) is 31.5. The summed E-state index contributed by atoms with van der Waals surface area (Å²) in [5.41, 5.74) is 0. The number of nitrogens with zero attached hydrogens (tertiary/aromatic N) is 2. The smallest absolute Gasteiger partial charge is 0.138 e. The van der Waals surface area contributed by atoms with E-state index in [9.17, 15) is 10.5 Å². The summed E-state index contributed by atoms with van der Waals surface area (Å²) in [5.74, 6) is 0. The molecule has 8 aromatic carbocycles. The lowest BCUT2D eigenvalue weighted by Gasteiger charge is -2.28. The Labute approximate surface area is 419 Å². The summed E-state index contributed by atoms with van der Waals surface area (Å²) in [4.78, 5) is 0. The predicted octanol–water partition coefficient (Wildman–Crippen LogP) is 13.2. The van der Waals surface area contributed by atoms with E-state index in [0.717, 1.165) is 40.6 Å². The van der Waals surface area contributed by atoms with Crippen LogP contribution in [0.2, 0.25) is 0 Å². The molecular formula is C54H42N4P4S5. The second kappa shape index (κ2) is 26.2. The lowest BCUT2D eigenvalue weighted by molar-refractivity contribution is 1.36. The molecular weight excluding hydrogens is 989 g/mol. The minimum Gasteiger partial charge on any atom is -0.350 e. The van der Waals surface area contributed by atoms with E-state index < -0.39 is 32.0 Å². The molecule has 0 aromatic heterocycles. The maximum Gasteiger partial charge on any atom is 0.138 e. The molecule has 0 saturated heterocycles. The normalized spacial score (nSPS) is 12.0. The SMILES string of the molecule is N#CS/C(=C(/NP(c1ccccc1)c1ccccc1)SSS/C(NP(c1ccccc1)c1ccccc1)=C(/SC#N)P(c1ccccc1)c1ccccc1)P(c1ccccc1)c1ccccc1. The maximum absolute atomic E-state index is 10.7. The van der Waals surface area contributed by atoms with Gasteiger partial charge in [-0.25, -0.2) is 0 Å². The molecule has 0 radical (unpaired) electrons. The first-order valence-electron chi connectivity index (χ1n) is 21.0. The second-order valence-corrected chi connectivity index (χ2v) is 28.4. The fourth-order valence-electron chi connectivity index (χ4n) is 6.91. The lowest BCUT2D eigenvalue weighted by Crippen LogP contribution is -2.24. The molecule has 8 aromatic rings. The maximum atomic E-state index is 10.7. The van der Waals surface area contributed by atoms with Crippen LogP contribution in [0.25, 0.3) is 0 Å². The van der Waals surface area contributed by atoms with Crippen molar-refractivity contribution in [2.75, 3.05) is 0 Å². The zero-order chi connectivity index (χ0) is 45.9. The Bertz CT molecular complexity index is 2560. The Balaban J connectivity index is 1.30. The summed E-state index contributed by atoms with van der Waals surface area (Å²) < 4.78 is 1.95. The van der Waals surface area contributed by atoms with Crippen LogP contribution in [-0.4, -0.2) is 0 Å². The standard InChI is InChI=1S/C54H42N4P4S5/c55-41-63-53(59(43-25-9-1-10-26-43)44-27-11-2-12-28-44)51(57-61(47-33-17-5-18-34-47)48-35-19-6-20-36-48)65-67-66-52(58-62(49-37-21-7-22-38-49)50-39-23-8-24-40-50)54(64-42-56)60(45-29-13-3-14-30-45)46-31-15-4-16-32-46/h1-40,57-58H/b53-51-,54-52+. The second-order valence-electron chi connectivity index (χ2n) is 14.1. The molecule has 0 atom stereocenters. The number of hydrogen-bond donors (Lipinski definition) is 2. The highest BCUT2D eigenvalue weighted by Crippen LogP contribution is 2.59. The van der Waals surface area contributed by atoms with Gasteiger partial charge in [0, 0.05) is 21.2 Å². The van der Waals surface area contributed by atoms with Crippen molar-refractivity contribution in [3.05, 3.63) is 262 Å². The van der Waals surface area contributed by atoms with Gasteiger partial charge in [-0.2, -0.15) is 10.5 Å². The number of nitriles is 2. The molecule has 0 aliphatic heterocycles. The molecule has 4 nitrogen and oxygen atoms in total. The van der Waals surface area contributed by atoms with E-state index in [0.29, 0.717) is 0 Å². The molecule has 0 saturated carbocycles. The van der Waals surface area contributed by atoms with Gasteiger partial charge in [-0.05, 0) is 92.0 Å². The third kappa shape index (κ3) is 13.3. The Morgan fingerprint density at radius 3 is 0.731 bits per heavy atom. The number of benzene rings is 8. The van der Waals surface area contributed by atoms with E-state index in [2.05, 4.69) is 239 Å². The highest BCUT2D eigenvalue weighted by atomic mass is 33.5. The summed E-state index contributed by atoms with van der Waals surface area (Å²) in [7, 11) is 0.360. The molecule has 0 fully saturated rings. The Hall–Kier alpha value is -4.71. The van der Waals surface area contributed by atoms with E-state index in [1.54, 1.807) is 31.4 Å². The Morgan fingerprint density at radius 2 is 0.522 bits per heavy atom. The van der Waals surface area contributed by atoms with Crippen molar-refractivity contribution in [3.8, 4) is 10.8 Å². The van der Waals surface area contributed by atoms with Crippen LogP contribution < -0.4 is 52.6 Å². The van der Waals surface area contributed by atoms with E-state index in [1.807, 2.05) is 24.3 Å². The van der Waals surface area contributed by atoms with Crippen molar-refractivity contribution in [3.63, 3.8) is 0 Å². The third-order valence-corrected chi connectivity index (χ3v) is 25.7. The molecule has 0 bridgehead atoms. The van der Waals surface area contributed by atoms with Crippen LogP contribution >= 0.6 is 86.9 Å². The summed E-state index contributed by atoms with van der Waals surface area (Å²) in [6.07, 6.45) is 0. The van der Waals surface area contributed by atoms with Crippen LogP contribution in [0.4, 0.5) is 0 Å². The molecule has 67 heavy (non-hydrogen) atoms. The van der Waals surface area contributed by atoms with Gasteiger partial charge in [0.2, 0.25) is 0 Å². The summed E-state index contributed by atoms with van der Waals surface area (Å²) >= 11 is 2.49. The highest BCUT2D eigenvalue weighted by Gasteiger charge is 2.30. The van der Waals surface area contributed by atoms with Gasteiger partial charge in [-0.3, -0.25) is 0 Å². The largest absolute Gasteiger partial charge is 0.350 e. The van der Waals surface area contributed by atoms with Gasteiger partial charge in [0.1, 0.15) is 10.8 Å². The highest BCUT2D eigenvalue weighted by molar-refractivity contribution is 9.10. The minimum absolute atomic E-state index is 0.928. The van der Waals surface area contributed by atoms with Crippen molar-refractivity contribution in [2.24, 2.45) is 0 Å². The van der Waals surface area contributed by atoms with Crippen molar-refractivity contribution in [1.29, 1.82) is 10.5 Å². The average Bonchev–Trinajstić information content (AvgIpc) is 3.40. The van der Waals surface area contributed by atoms with Gasteiger partial charge in [0.25, 0.3) is 0 Å². The zero-order valence-electron chi connectivity index (χ0n) is 35.8. The summed E-state index contributed by atoms with van der Waals surface area (Å²) in [6, 6.07) is 84.7. The van der Waals surface area contributed by atoms with E-state index in [1.165, 1.54) is 44.7 Å². The van der Waals surface area contributed by atoms with Crippen LogP contribution in [0, 0.1) is 21.3 Å². The van der Waals surface area contributed by atoms with Crippen LogP contribution in [0.15, 0.2) is 262 Å². The number of nitrogens with one attached hydrogen (secondary N) is 2. The fraction of sp³-hybridized carbons (Fsp3) is 0. The van der Waals surface area contributed by atoms with Crippen LogP contribution in [0.5, 0.6) is 0 Å². The Kier molecular flexibility index (Phi) is 19.0. The monoisotopic (exact) mass is 1030 g/mol. The number of rotatable bonds is 20. The van der Waals surface area contributed by atoms with Gasteiger partial charge in [-0.1, -0.05) is 243 Å². The quantitative estimate of drug-likeness (QED) is 0.0441. The third-order valence-electron chi connectivity index (χ3n) is 9.86. The molecule has 0 aliphatic rings.